The van der Waals surface area contributed by atoms with Crippen LogP contribution in [0, 0.1) is 0 Å². The second-order valence-corrected chi connectivity index (χ2v) is 7.69. The maximum Gasteiger partial charge on any atom is 0.325 e. The third-order valence-corrected chi connectivity index (χ3v) is 5.51. The molecule has 1 aliphatic heterocycles. The predicted molar refractivity (Wildman–Crippen MR) is 103 cm³/mol. The minimum atomic E-state index is -1.37. The molecule has 1 saturated carbocycles. The predicted octanol–water partition coefficient (Wildman–Crippen LogP) is 2.27. The normalized spacial score (nSPS) is 22.7. The Morgan fingerprint density at radius 1 is 1.21 bits per heavy atom. The van der Waals surface area contributed by atoms with Crippen LogP contribution in [-0.2, 0) is 15.1 Å². The number of imide groups is 2. The van der Waals surface area contributed by atoms with Gasteiger partial charge in [0.2, 0.25) is 5.91 Å². The van der Waals surface area contributed by atoms with Crippen LogP contribution in [0.4, 0.5) is 9.59 Å². The zero-order valence-corrected chi connectivity index (χ0v) is 16.3. The smallest absolute Gasteiger partial charge is 0.325 e. The lowest BCUT2D eigenvalue weighted by molar-refractivity contribution is -0.134. The van der Waals surface area contributed by atoms with Crippen molar-refractivity contribution in [1.82, 2.24) is 20.9 Å². The van der Waals surface area contributed by atoms with E-state index >= 15 is 0 Å². The summed E-state index contributed by atoms with van der Waals surface area (Å²) in [5.74, 6) is -1.34. The summed E-state index contributed by atoms with van der Waals surface area (Å²) in [6, 6.07) is 5.40. The second kappa shape index (κ2) is 8.18. The molecule has 1 aromatic rings. The SMILES string of the molecule is C[C@@]1(c2ccccc2Cl)NC(=O)N(CC(=O)NC(=O)NC2CCCCC2)C1=O. The van der Waals surface area contributed by atoms with Crippen LogP contribution in [0.25, 0.3) is 0 Å². The molecule has 150 valence electrons. The largest absolute Gasteiger partial charge is 0.335 e. The van der Waals surface area contributed by atoms with Crippen LogP contribution in [-0.4, -0.2) is 41.4 Å². The van der Waals surface area contributed by atoms with Crippen LogP contribution < -0.4 is 16.0 Å². The average molecular weight is 407 g/mol. The van der Waals surface area contributed by atoms with Crippen molar-refractivity contribution in [1.29, 1.82) is 0 Å². The number of rotatable bonds is 4. The van der Waals surface area contributed by atoms with E-state index in [1.54, 1.807) is 24.3 Å². The van der Waals surface area contributed by atoms with Gasteiger partial charge in [0.25, 0.3) is 5.91 Å². The van der Waals surface area contributed by atoms with Gasteiger partial charge in [0.05, 0.1) is 0 Å². The van der Waals surface area contributed by atoms with Crippen molar-refractivity contribution in [3.05, 3.63) is 34.9 Å². The Morgan fingerprint density at radius 2 is 1.89 bits per heavy atom. The number of carbonyl (C=O) groups is 4. The first kappa shape index (κ1) is 20.1. The molecule has 0 aromatic heterocycles. The monoisotopic (exact) mass is 406 g/mol. The van der Waals surface area contributed by atoms with Crippen LogP contribution >= 0.6 is 11.6 Å². The molecule has 9 heteroatoms. The van der Waals surface area contributed by atoms with E-state index < -0.39 is 36.0 Å². The highest BCUT2D eigenvalue weighted by molar-refractivity contribution is 6.32. The Balaban J connectivity index is 1.61. The third-order valence-electron chi connectivity index (χ3n) is 5.18. The van der Waals surface area contributed by atoms with E-state index in [0.29, 0.717) is 10.6 Å². The number of hydrogen-bond donors (Lipinski definition) is 3. The maximum atomic E-state index is 12.8. The van der Waals surface area contributed by atoms with Crippen molar-refractivity contribution in [3.63, 3.8) is 0 Å². The first-order valence-electron chi connectivity index (χ1n) is 9.30. The van der Waals surface area contributed by atoms with Crippen molar-refractivity contribution in [2.45, 2.75) is 50.6 Å². The Labute approximate surface area is 168 Å². The minimum Gasteiger partial charge on any atom is -0.335 e. The van der Waals surface area contributed by atoms with Crippen molar-refractivity contribution < 1.29 is 19.2 Å². The summed E-state index contributed by atoms with van der Waals surface area (Å²) in [5, 5.41) is 7.85. The maximum absolute atomic E-state index is 12.8. The average Bonchev–Trinajstić information content (AvgIpc) is 2.86. The van der Waals surface area contributed by atoms with Gasteiger partial charge in [-0.15, -0.1) is 0 Å². The van der Waals surface area contributed by atoms with Crippen molar-refractivity contribution in [3.8, 4) is 0 Å². The molecule has 0 radical (unpaired) electrons. The van der Waals surface area contributed by atoms with E-state index in [4.69, 9.17) is 11.6 Å². The molecule has 0 bridgehead atoms. The summed E-state index contributed by atoms with van der Waals surface area (Å²) < 4.78 is 0. The summed E-state index contributed by atoms with van der Waals surface area (Å²) in [6.45, 7) is 0.977. The molecule has 8 nitrogen and oxygen atoms in total. The second-order valence-electron chi connectivity index (χ2n) is 7.28. The van der Waals surface area contributed by atoms with E-state index in [1.165, 1.54) is 6.92 Å². The molecule has 1 aromatic carbocycles. The summed E-state index contributed by atoms with van der Waals surface area (Å²) in [6.07, 6.45) is 4.99. The third kappa shape index (κ3) is 4.11. The van der Waals surface area contributed by atoms with E-state index in [1.807, 2.05) is 0 Å². The number of hydrogen-bond acceptors (Lipinski definition) is 4. The molecular weight excluding hydrogens is 384 g/mol. The molecule has 2 fully saturated rings. The quantitative estimate of drug-likeness (QED) is 0.666. The highest BCUT2D eigenvalue weighted by Gasteiger charge is 2.50. The molecule has 28 heavy (non-hydrogen) atoms. The Bertz CT molecular complexity index is 809. The minimum absolute atomic E-state index is 0.0433. The van der Waals surface area contributed by atoms with E-state index in [-0.39, 0.29) is 6.04 Å². The van der Waals surface area contributed by atoms with Gasteiger partial charge < -0.3 is 10.6 Å². The Hall–Kier alpha value is -2.61. The number of nitrogens with zero attached hydrogens (tertiary/aromatic N) is 1. The van der Waals surface area contributed by atoms with E-state index in [2.05, 4.69) is 16.0 Å². The van der Waals surface area contributed by atoms with Gasteiger partial charge in [-0.25, -0.2) is 9.59 Å². The van der Waals surface area contributed by atoms with Crippen molar-refractivity contribution >= 4 is 35.5 Å². The molecule has 1 heterocycles. The number of carbonyl (C=O) groups excluding carboxylic acids is 4. The first-order valence-corrected chi connectivity index (χ1v) is 9.68. The Morgan fingerprint density at radius 3 is 2.57 bits per heavy atom. The van der Waals surface area contributed by atoms with E-state index in [0.717, 1.165) is 37.0 Å². The fraction of sp³-hybridized carbons (Fsp3) is 0.474. The van der Waals surface area contributed by atoms with Gasteiger partial charge in [-0.2, -0.15) is 0 Å². The molecule has 0 unspecified atom stereocenters. The molecule has 0 spiro atoms. The fourth-order valence-corrected chi connectivity index (χ4v) is 3.99. The van der Waals surface area contributed by atoms with Crippen LogP contribution in [0.15, 0.2) is 24.3 Å². The zero-order valence-electron chi connectivity index (χ0n) is 15.6. The zero-order chi connectivity index (χ0) is 20.3. The van der Waals surface area contributed by atoms with Crippen molar-refractivity contribution in [2.75, 3.05) is 6.54 Å². The first-order chi connectivity index (χ1) is 13.3. The van der Waals surface area contributed by atoms with Gasteiger partial charge in [-0.3, -0.25) is 19.8 Å². The van der Waals surface area contributed by atoms with E-state index in [9.17, 15) is 19.2 Å². The van der Waals surface area contributed by atoms with Crippen LogP contribution in [0.5, 0.6) is 0 Å². The van der Waals surface area contributed by atoms with Gasteiger partial charge in [-0.05, 0) is 25.8 Å². The van der Waals surface area contributed by atoms with Gasteiger partial charge in [0.1, 0.15) is 12.1 Å². The number of benzene rings is 1. The van der Waals surface area contributed by atoms with Crippen LogP contribution in [0.3, 0.4) is 0 Å². The lowest BCUT2D eigenvalue weighted by Gasteiger charge is -2.23. The summed E-state index contributed by atoms with van der Waals surface area (Å²) in [4.78, 5) is 50.1. The van der Waals surface area contributed by atoms with Gasteiger partial charge in [-0.1, -0.05) is 49.1 Å². The van der Waals surface area contributed by atoms with Gasteiger partial charge in [0, 0.05) is 16.6 Å². The number of nitrogens with one attached hydrogen (secondary N) is 3. The summed E-state index contributed by atoms with van der Waals surface area (Å²) in [7, 11) is 0. The molecule has 3 N–H and O–H groups in total. The highest BCUT2D eigenvalue weighted by Crippen LogP contribution is 2.33. The molecule has 1 atom stereocenters. The van der Waals surface area contributed by atoms with Crippen LogP contribution in [0.1, 0.15) is 44.6 Å². The molecule has 2 aliphatic rings. The standard InChI is InChI=1S/C19H23ClN4O4/c1-19(13-9-5-6-10-14(13)20)16(26)24(18(28)23-19)11-15(25)22-17(27)21-12-7-3-2-4-8-12/h5-6,9-10,12H,2-4,7-8,11H2,1H3,(H,23,28)(H2,21,22,25,27)/t19-/m0/s1. The number of halogens is 1. The molecular formula is C19H23ClN4O4. The van der Waals surface area contributed by atoms with Crippen LogP contribution in [0.2, 0.25) is 5.02 Å². The molecule has 3 rings (SSSR count). The highest BCUT2D eigenvalue weighted by atomic mass is 35.5. The van der Waals surface area contributed by atoms with Gasteiger partial charge >= 0.3 is 12.1 Å². The molecule has 6 amide bonds. The van der Waals surface area contributed by atoms with Crippen molar-refractivity contribution in [2.24, 2.45) is 0 Å². The summed E-state index contributed by atoms with van der Waals surface area (Å²) >= 11 is 6.17. The Kier molecular flexibility index (Phi) is 5.88. The molecule has 1 aliphatic carbocycles. The molecule has 1 saturated heterocycles. The topological polar surface area (TPSA) is 108 Å². The lowest BCUT2D eigenvalue weighted by Crippen LogP contribution is -2.49. The fourth-order valence-electron chi connectivity index (χ4n) is 3.67. The summed E-state index contributed by atoms with van der Waals surface area (Å²) in [5.41, 5.74) is -0.937. The van der Waals surface area contributed by atoms with Gasteiger partial charge in [0.15, 0.2) is 0 Å². The number of amides is 6. The number of urea groups is 2. The lowest BCUT2D eigenvalue weighted by atomic mass is 9.92.